The second kappa shape index (κ2) is 6.31. The van der Waals surface area contributed by atoms with E-state index in [9.17, 15) is 4.79 Å². The SMILES string of the molecule is CC1CC(=O)NN=C1c1ccc(NN=C(C#N)C#N)cc1. The first kappa shape index (κ1) is 14.2. The molecule has 0 saturated carbocycles. The van der Waals surface area contributed by atoms with Crippen molar-refractivity contribution in [1.29, 1.82) is 10.5 Å². The van der Waals surface area contributed by atoms with Gasteiger partial charge >= 0.3 is 0 Å². The van der Waals surface area contributed by atoms with Crippen LogP contribution in [0.2, 0.25) is 0 Å². The summed E-state index contributed by atoms with van der Waals surface area (Å²) < 4.78 is 0. The van der Waals surface area contributed by atoms with Gasteiger partial charge in [-0.3, -0.25) is 10.2 Å². The number of hydrazone groups is 2. The van der Waals surface area contributed by atoms with E-state index >= 15 is 0 Å². The van der Waals surface area contributed by atoms with Gasteiger partial charge in [-0.05, 0) is 17.7 Å². The van der Waals surface area contributed by atoms with Gasteiger partial charge in [0, 0.05) is 12.3 Å². The standard InChI is InChI=1S/C14H12N6O/c1-9-6-13(21)19-20-14(9)10-2-4-11(5-3-10)17-18-12(7-15)8-16/h2-5,9,17H,6H2,1H3,(H,19,21). The minimum absolute atomic E-state index is 0.0550. The number of hydrogen-bond donors (Lipinski definition) is 2. The van der Waals surface area contributed by atoms with E-state index in [0.29, 0.717) is 12.1 Å². The second-order valence-electron chi connectivity index (χ2n) is 4.51. The predicted molar refractivity (Wildman–Crippen MR) is 77.2 cm³/mol. The van der Waals surface area contributed by atoms with Crippen LogP contribution < -0.4 is 10.9 Å². The van der Waals surface area contributed by atoms with E-state index in [0.717, 1.165) is 11.3 Å². The molecule has 1 aromatic carbocycles. The molecule has 0 aromatic heterocycles. The smallest absolute Gasteiger partial charge is 0.240 e. The highest BCUT2D eigenvalue weighted by atomic mass is 16.2. The molecule has 1 aliphatic rings. The van der Waals surface area contributed by atoms with Gasteiger partial charge in [0.15, 0.2) is 0 Å². The Kier molecular flexibility index (Phi) is 4.27. The number of nitriles is 2. The zero-order chi connectivity index (χ0) is 15.2. The maximum Gasteiger partial charge on any atom is 0.240 e. The average Bonchev–Trinajstić information content (AvgIpc) is 2.49. The lowest BCUT2D eigenvalue weighted by Crippen LogP contribution is -2.31. The molecule has 1 heterocycles. The zero-order valence-electron chi connectivity index (χ0n) is 11.3. The molecule has 1 aliphatic heterocycles. The molecule has 7 heteroatoms. The van der Waals surface area contributed by atoms with Crippen LogP contribution in [0.4, 0.5) is 5.69 Å². The van der Waals surface area contributed by atoms with Gasteiger partial charge in [-0.1, -0.05) is 19.1 Å². The molecule has 2 rings (SSSR count). The summed E-state index contributed by atoms with van der Waals surface area (Å²) in [6, 6.07) is 10.5. The normalized spacial score (nSPS) is 16.8. The summed E-state index contributed by atoms with van der Waals surface area (Å²) in [7, 11) is 0. The Morgan fingerprint density at radius 2 is 2.05 bits per heavy atom. The summed E-state index contributed by atoms with van der Waals surface area (Å²) in [5, 5.41) is 24.9. The highest BCUT2D eigenvalue weighted by Crippen LogP contribution is 2.18. The molecule has 0 radical (unpaired) electrons. The molecule has 21 heavy (non-hydrogen) atoms. The lowest BCUT2D eigenvalue weighted by Gasteiger charge is -2.19. The summed E-state index contributed by atoms with van der Waals surface area (Å²) in [4.78, 5) is 11.2. The quantitative estimate of drug-likeness (QED) is 0.642. The fraction of sp³-hybridized carbons (Fsp3) is 0.214. The van der Waals surface area contributed by atoms with E-state index < -0.39 is 0 Å². The average molecular weight is 280 g/mol. The van der Waals surface area contributed by atoms with Crippen LogP contribution in [-0.4, -0.2) is 17.3 Å². The Bertz CT molecular complexity index is 674. The molecule has 0 spiro atoms. The van der Waals surface area contributed by atoms with E-state index in [1.54, 1.807) is 24.3 Å². The number of amides is 1. The Morgan fingerprint density at radius 3 is 2.62 bits per heavy atom. The van der Waals surface area contributed by atoms with Crippen LogP contribution in [0, 0.1) is 28.6 Å². The first-order valence-electron chi connectivity index (χ1n) is 6.24. The fourth-order valence-electron chi connectivity index (χ4n) is 1.91. The van der Waals surface area contributed by atoms with Crippen molar-refractivity contribution in [1.82, 2.24) is 5.43 Å². The maximum absolute atomic E-state index is 11.2. The first-order chi connectivity index (χ1) is 10.1. The topological polar surface area (TPSA) is 113 Å². The van der Waals surface area contributed by atoms with Crippen LogP contribution in [-0.2, 0) is 4.79 Å². The summed E-state index contributed by atoms with van der Waals surface area (Å²) in [5.74, 6) is -0.0289. The van der Waals surface area contributed by atoms with Crippen molar-refractivity contribution in [3.05, 3.63) is 29.8 Å². The Hall–Kier alpha value is -3.19. The monoisotopic (exact) mass is 280 g/mol. The number of rotatable bonds is 3. The molecule has 0 bridgehead atoms. The Labute approximate surface area is 121 Å². The van der Waals surface area contributed by atoms with Crippen molar-refractivity contribution in [2.24, 2.45) is 16.1 Å². The van der Waals surface area contributed by atoms with Gasteiger partial charge in [0.05, 0.1) is 11.4 Å². The zero-order valence-corrected chi connectivity index (χ0v) is 11.3. The first-order valence-corrected chi connectivity index (χ1v) is 6.24. The number of nitrogens with one attached hydrogen (secondary N) is 2. The molecule has 2 N–H and O–H groups in total. The molecule has 0 saturated heterocycles. The molecule has 7 nitrogen and oxygen atoms in total. The molecular formula is C14H12N6O. The van der Waals surface area contributed by atoms with E-state index in [-0.39, 0.29) is 17.5 Å². The van der Waals surface area contributed by atoms with Crippen LogP contribution in [0.15, 0.2) is 34.5 Å². The predicted octanol–water partition coefficient (Wildman–Crippen LogP) is 1.36. The van der Waals surface area contributed by atoms with Gasteiger partial charge in [-0.15, -0.1) is 0 Å². The van der Waals surface area contributed by atoms with Crippen molar-refractivity contribution in [3.8, 4) is 12.1 Å². The second-order valence-corrected chi connectivity index (χ2v) is 4.51. The molecule has 0 aliphatic carbocycles. The van der Waals surface area contributed by atoms with Crippen LogP contribution in [0.5, 0.6) is 0 Å². The van der Waals surface area contributed by atoms with Crippen molar-refractivity contribution in [2.75, 3.05) is 5.43 Å². The number of benzene rings is 1. The minimum Gasteiger partial charge on any atom is -0.277 e. The third-order valence-corrected chi connectivity index (χ3v) is 2.95. The van der Waals surface area contributed by atoms with Crippen LogP contribution in [0.3, 0.4) is 0 Å². The summed E-state index contributed by atoms with van der Waals surface area (Å²) in [5.41, 5.74) is 7.22. The van der Waals surface area contributed by atoms with Crippen molar-refractivity contribution in [3.63, 3.8) is 0 Å². The molecule has 1 aromatic rings. The number of nitrogens with zero attached hydrogens (tertiary/aromatic N) is 4. The van der Waals surface area contributed by atoms with Crippen molar-refractivity contribution < 1.29 is 4.79 Å². The van der Waals surface area contributed by atoms with E-state index in [1.807, 2.05) is 19.1 Å². The highest BCUT2D eigenvalue weighted by molar-refractivity contribution is 6.10. The van der Waals surface area contributed by atoms with Crippen LogP contribution >= 0.6 is 0 Å². The minimum atomic E-state index is -0.243. The van der Waals surface area contributed by atoms with Crippen molar-refractivity contribution in [2.45, 2.75) is 13.3 Å². The summed E-state index contributed by atoms with van der Waals surface area (Å²) in [6.45, 7) is 1.94. The van der Waals surface area contributed by atoms with E-state index in [2.05, 4.69) is 21.1 Å². The third kappa shape index (κ3) is 3.43. The van der Waals surface area contributed by atoms with Gasteiger partial charge in [0.25, 0.3) is 0 Å². The van der Waals surface area contributed by atoms with Gasteiger partial charge in [-0.2, -0.15) is 20.7 Å². The lowest BCUT2D eigenvalue weighted by atomic mass is 9.94. The molecule has 1 unspecified atom stereocenters. The molecule has 1 amide bonds. The maximum atomic E-state index is 11.2. The molecule has 104 valence electrons. The Balaban J connectivity index is 2.13. The largest absolute Gasteiger partial charge is 0.277 e. The van der Waals surface area contributed by atoms with E-state index in [4.69, 9.17) is 10.5 Å². The van der Waals surface area contributed by atoms with Gasteiger partial charge in [0.2, 0.25) is 11.6 Å². The molecule has 0 fully saturated rings. The fourth-order valence-corrected chi connectivity index (χ4v) is 1.91. The molecule has 1 atom stereocenters. The van der Waals surface area contributed by atoms with Crippen molar-refractivity contribution >= 4 is 23.0 Å². The molecular weight excluding hydrogens is 268 g/mol. The van der Waals surface area contributed by atoms with Gasteiger partial charge < -0.3 is 0 Å². The summed E-state index contributed by atoms with van der Waals surface area (Å²) >= 11 is 0. The summed E-state index contributed by atoms with van der Waals surface area (Å²) in [6.07, 6.45) is 0.414. The number of carbonyl (C=O) groups excluding carboxylic acids is 1. The van der Waals surface area contributed by atoms with Crippen LogP contribution in [0.25, 0.3) is 0 Å². The van der Waals surface area contributed by atoms with Gasteiger partial charge in [-0.25, -0.2) is 5.43 Å². The van der Waals surface area contributed by atoms with Gasteiger partial charge in [0.1, 0.15) is 12.1 Å². The number of hydrogen-bond acceptors (Lipinski definition) is 6. The lowest BCUT2D eigenvalue weighted by molar-refractivity contribution is -0.121. The highest BCUT2D eigenvalue weighted by Gasteiger charge is 2.21. The Morgan fingerprint density at radius 1 is 1.38 bits per heavy atom. The van der Waals surface area contributed by atoms with E-state index in [1.165, 1.54) is 0 Å². The third-order valence-electron chi connectivity index (χ3n) is 2.95. The number of carbonyl (C=O) groups is 1. The number of anilines is 1. The van der Waals surface area contributed by atoms with Crippen LogP contribution in [0.1, 0.15) is 18.9 Å².